The predicted molar refractivity (Wildman–Crippen MR) is 121 cm³/mol. The number of carbonyl (C=O) groups excluding carboxylic acids is 1. The molecule has 1 saturated heterocycles. The second-order valence-corrected chi connectivity index (χ2v) is 10.2. The summed E-state index contributed by atoms with van der Waals surface area (Å²) in [6.45, 7) is 1.43. The van der Waals surface area contributed by atoms with Gasteiger partial charge in [-0.2, -0.15) is 0 Å². The number of hydrogen-bond acceptors (Lipinski definition) is 8. The Morgan fingerprint density at radius 2 is 1.80 bits per heavy atom. The van der Waals surface area contributed by atoms with Gasteiger partial charge in [0.2, 0.25) is 20.9 Å². The van der Waals surface area contributed by atoms with Crippen LogP contribution in [0.4, 0.5) is 13.6 Å². The molecule has 0 N–H and O–H groups in total. The van der Waals surface area contributed by atoms with Crippen LogP contribution in [-0.2, 0) is 21.1 Å². The summed E-state index contributed by atoms with van der Waals surface area (Å²) in [5.41, 5.74) is 0.993. The Kier molecular flexibility index (Phi) is 6.60. The second-order valence-electron chi connectivity index (χ2n) is 7.87. The van der Waals surface area contributed by atoms with E-state index in [1.54, 1.807) is 13.0 Å². The van der Waals surface area contributed by atoms with Gasteiger partial charge in [-0.05, 0) is 25.1 Å². The van der Waals surface area contributed by atoms with Gasteiger partial charge in [-0.15, -0.1) is 0 Å². The van der Waals surface area contributed by atoms with Crippen LogP contribution in [-0.4, -0.2) is 53.8 Å². The number of pyridine rings is 1. The van der Waals surface area contributed by atoms with E-state index in [0.717, 1.165) is 24.5 Å². The van der Waals surface area contributed by atoms with Crippen molar-refractivity contribution in [1.82, 2.24) is 19.9 Å². The molecule has 9 nitrogen and oxygen atoms in total. The molecule has 0 bridgehead atoms. The molecule has 2 aromatic heterocycles. The van der Waals surface area contributed by atoms with Gasteiger partial charge in [-0.1, -0.05) is 11.6 Å². The van der Waals surface area contributed by atoms with E-state index in [4.69, 9.17) is 21.1 Å². The first-order chi connectivity index (χ1) is 16.5. The number of aromatic nitrogens is 3. The molecule has 3 aromatic rings. The van der Waals surface area contributed by atoms with Crippen molar-refractivity contribution < 1.29 is 31.5 Å². The Bertz CT molecular complexity index is 1400. The largest absolute Gasteiger partial charge is 0.481 e. The zero-order chi connectivity index (χ0) is 25.5. The lowest BCUT2D eigenvalue weighted by Crippen LogP contribution is -2.32. The summed E-state index contributed by atoms with van der Waals surface area (Å²) in [4.78, 5) is 26.3. The summed E-state index contributed by atoms with van der Waals surface area (Å²) in [7, 11) is -2.39. The number of halogens is 3. The zero-order valence-corrected chi connectivity index (χ0v) is 20.3. The number of methoxy groups -OCH3 is 1. The maximum atomic E-state index is 13.8. The summed E-state index contributed by atoms with van der Waals surface area (Å²) >= 11 is 6.11. The highest BCUT2D eigenvalue weighted by Gasteiger charge is 2.40. The Morgan fingerprint density at radius 1 is 1.11 bits per heavy atom. The van der Waals surface area contributed by atoms with Crippen LogP contribution in [0.3, 0.4) is 0 Å². The first-order valence-corrected chi connectivity index (χ1v) is 12.4. The first-order valence-electron chi connectivity index (χ1n) is 10.2. The van der Waals surface area contributed by atoms with Gasteiger partial charge in [0.15, 0.2) is 0 Å². The smallest absolute Gasteiger partial charge is 0.411 e. The van der Waals surface area contributed by atoms with Crippen molar-refractivity contribution in [1.29, 1.82) is 0 Å². The number of hydrogen-bond donors (Lipinski definition) is 0. The number of cyclic esters (lactones) is 1. The third-order valence-corrected chi connectivity index (χ3v) is 6.47. The molecule has 1 aliphatic heterocycles. The minimum absolute atomic E-state index is 0.145. The Morgan fingerprint density at radius 3 is 2.43 bits per heavy atom. The third-order valence-electron chi connectivity index (χ3n) is 5.40. The molecule has 3 heterocycles. The normalized spacial score (nSPS) is 18.0. The van der Waals surface area contributed by atoms with Crippen molar-refractivity contribution in [3.63, 3.8) is 0 Å². The summed E-state index contributed by atoms with van der Waals surface area (Å²) in [6.07, 6.45) is 1.87. The maximum Gasteiger partial charge on any atom is 0.411 e. The fraction of sp³-hybridized carbons (Fsp3) is 0.273. The van der Waals surface area contributed by atoms with Crippen molar-refractivity contribution in [3.8, 4) is 17.0 Å². The van der Waals surface area contributed by atoms with Crippen molar-refractivity contribution >= 4 is 27.5 Å². The van der Waals surface area contributed by atoms with Crippen molar-refractivity contribution in [2.45, 2.75) is 30.8 Å². The molecule has 0 aliphatic carbocycles. The van der Waals surface area contributed by atoms with E-state index < -0.39 is 44.9 Å². The minimum Gasteiger partial charge on any atom is -0.481 e. The van der Waals surface area contributed by atoms with E-state index in [-0.39, 0.29) is 28.7 Å². The van der Waals surface area contributed by atoms with Crippen molar-refractivity contribution in [2.24, 2.45) is 0 Å². The van der Waals surface area contributed by atoms with Gasteiger partial charge in [-0.3, -0.25) is 4.90 Å². The van der Waals surface area contributed by atoms with Gasteiger partial charge in [-0.25, -0.2) is 36.9 Å². The number of benzene rings is 1. The highest BCUT2D eigenvalue weighted by Crippen LogP contribution is 2.37. The molecule has 35 heavy (non-hydrogen) atoms. The molecule has 13 heteroatoms. The van der Waals surface area contributed by atoms with Crippen LogP contribution in [0.1, 0.15) is 24.3 Å². The standard InChI is InChI=1S/C22H19ClF2N4O5S/c1-11-19(12-4-14(24)7-15(25)5-12)34-22(30)29(11)10-18-17(9-27-21(28-18)35(3,31)32)16-6-13(23)8-26-20(16)33-2/h4-9,11,19H,10H2,1-3H3/t11-,19-/m0/s1. The van der Waals surface area contributed by atoms with Crippen LogP contribution in [0.5, 0.6) is 5.88 Å². The highest BCUT2D eigenvalue weighted by atomic mass is 35.5. The number of amides is 1. The predicted octanol–water partition coefficient (Wildman–Crippen LogP) is 3.96. The van der Waals surface area contributed by atoms with Crippen LogP contribution >= 0.6 is 11.6 Å². The average Bonchev–Trinajstić information content (AvgIpc) is 3.06. The number of nitrogens with zero attached hydrogens (tertiary/aromatic N) is 4. The van der Waals surface area contributed by atoms with Crippen molar-refractivity contribution in [2.75, 3.05) is 13.4 Å². The molecule has 1 amide bonds. The van der Waals surface area contributed by atoms with E-state index in [2.05, 4.69) is 15.0 Å². The minimum atomic E-state index is -3.79. The lowest BCUT2D eigenvalue weighted by molar-refractivity contribution is 0.130. The SMILES string of the molecule is COc1ncc(Cl)cc1-c1cnc(S(C)(=O)=O)nc1CN1C(=O)O[C@H](c2cc(F)cc(F)c2)[C@@H]1C. The van der Waals surface area contributed by atoms with Crippen LogP contribution < -0.4 is 4.74 Å². The van der Waals surface area contributed by atoms with E-state index in [1.165, 1.54) is 24.4 Å². The van der Waals surface area contributed by atoms with E-state index in [9.17, 15) is 22.0 Å². The van der Waals surface area contributed by atoms with Gasteiger partial charge < -0.3 is 9.47 Å². The molecule has 1 aromatic carbocycles. The lowest BCUT2D eigenvalue weighted by Gasteiger charge is -2.22. The van der Waals surface area contributed by atoms with E-state index in [1.807, 2.05) is 0 Å². The molecule has 0 radical (unpaired) electrons. The van der Waals surface area contributed by atoms with Gasteiger partial charge in [0.1, 0.15) is 17.7 Å². The summed E-state index contributed by atoms with van der Waals surface area (Å²) < 4.78 is 62.4. The molecule has 184 valence electrons. The Hall–Kier alpha value is -3.38. The summed E-state index contributed by atoms with van der Waals surface area (Å²) in [5.74, 6) is -1.44. The summed E-state index contributed by atoms with van der Waals surface area (Å²) in [5, 5.41) is -0.171. The van der Waals surface area contributed by atoms with Gasteiger partial charge in [0, 0.05) is 41.4 Å². The zero-order valence-electron chi connectivity index (χ0n) is 18.7. The van der Waals surface area contributed by atoms with Gasteiger partial charge in [0.25, 0.3) is 0 Å². The quantitative estimate of drug-likeness (QED) is 0.445. The molecule has 1 fully saturated rings. The first kappa shape index (κ1) is 24.7. The fourth-order valence-corrected chi connectivity index (χ4v) is 4.44. The maximum absolute atomic E-state index is 13.8. The highest BCUT2D eigenvalue weighted by molar-refractivity contribution is 7.90. The van der Waals surface area contributed by atoms with E-state index in [0.29, 0.717) is 11.1 Å². The topological polar surface area (TPSA) is 112 Å². The second kappa shape index (κ2) is 9.34. The van der Waals surface area contributed by atoms with Crippen LogP contribution in [0, 0.1) is 11.6 Å². The van der Waals surface area contributed by atoms with Crippen LogP contribution in [0.25, 0.3) is 11.1 Å². The fourth-order valence-electron chi connectivity index (χ4n) is 3.77. The van der Waals surface area contributed by atoms with Crippen LogP contribution in [0.15, 0.2) is 41.8 Å². The molecule has 1 aliphatic rings. The molecular weight excluding hydrogens is 506 g/mol. The van der Waals surface area contributed by atoms with E-state index >= 15 is 0 Å². The molecule has 0 spiro atoms. The summed E-state index contributed by atoms with van der Waals surface area (Å²) in [6, 6.07) is 3.75. The molecule has 0 unspecified atom stereocenters. The molecule has 4 rings (SSSR count). The number of sulfone groups is 1. The van der Waals surface area contributed by atoms with Crippen molar-refractivity contribution in [3.05, 3.63) is 64.6 Å². The average molecular weight is 525 g/mol. The number of ether oxygens (including phenoxy) is 2. The molecular formula is C22H19ClF2N4O5S. The Labute approximate surface area is 204 Å². The number of rotatable bonds is 6. The molecule has 2 atom stereocenters. The monoisotopic (exact) mass is 524 g/mol. The van der Waals surface area contributed by atoms with Gasteiger partial charge >= 0.3 is 6.09 Å². The van der Waals surface area contributed by atoms with Crippen LogP contribution in [0.2, 0.25) is 5.02 Å². The third kappa shape index (κ3) is 5.03. The Balaban J connectivity index is 1.77. The number of carbonyl (C=O) groups is 1. The lowest BCUT2D eigenvalue weighted by atomic mass is 10.0. The molecule has 0 saturated carbocycles. The van der Waals surface area contributed by atoms with Gasteiger partial charge in [0.05, 0.1) is 30.4 Å².